The van der Waals surface area contributed by atoms with Crippen molar-refractivity contribution >= 4 is 5.96 Å². The molecule has 3 N–H and O–H groups in total. The summed E-state index contributed by atoms with van der Waals surface area (Å²) in [5, 5.41) is 16.7. The van der Waals surface area contributed by atoms with Crippen LogP contribution in [0.15, 0.2) is 23.2 Å². The Balaban J connectivity index is 1.90. The summed E-state index contributed by atoms with van der Waals surface area (Å²) in [5.41, 5.74) is 0.768. The van der Waals surface area contributed by atoms with Gasteiger partial charge in [0.1, 0.15) is 11.5 Å². The zero-order valence-corrected chi connectivity index (χ0v) is 17.0. The highest BCUT2D eigenvalue weighted by Gasteiger charge is 2.22. The zero-order chi connectivity index (χ0) is 19.6. The lowest BCUT2D eigenvalue weighted by Gasteiger charge is -2.35. The molecule has 1 aliphatic rings. The van der Waals surface area contributed by atoms with E-state index < -0.39 is 0 Å². The van der Waals surface area contributed by atoms with Crippen molar-refractivity contribution in [2.24, 2.45) is 10.9 Å². The summed E-state index contributed by atoms with van der Waals surface area (Å²) in [4.78, 5) is 6.81. The maximum absolute atomic E-state index is 10.0. The van der Waals surface area contributed by atoms with Crippen LogP contribution in [0.5, 0.6) is 11.5 Å². The van der Waals surface area contributed by atoms with Crippen LogP contribution in [0.2, 0.25) is 0 Å². The van der Waals surface area contributed by atoms with Crippen LogP contribution in [-0.2, 0) is 11.3 Å². The minimum atomic E-state index is 0.241. The highest BCUT2D eigenvalue weighted by Crippen LogP contribution is 2.22. The number of benzene rings is 1. The smallest absolute Gasteiger partial charge is 0.191 e. The van der Waals surface area contributed by atoms with Gasteiger partial charge in [-0.05, 0) is 30.5 Å². The lowest BCUT2D eigenvalue weighted by molar-refractivity contribution is 0.0132. The van der Waals surface area contributed by atoms with Crippen molar-refractivity contribution in [3.63, 3.8) is 0 Å². The molecule has 0 spiro atoms. The Hall–Kier alpha value is -1.99. The molecule has 1 heterocycles. The SMILES string of the molecule is CN=C(NCc1cc(OC)ccc1O)NCC(CC(C)C)N1CCOCC1. The normalized spacial score (nSPS) is 17.0. The first-order valence-electron chi connectivity index (χ1n) is 9.65. The van der Waals surface area contributed by atoms with Crippen LogP contribution in [0.3, 0.4) is 0 Å². The van der Waals surface area contributed by atoms with Crippen molar-refractivity contribution in [1.82, 2.24) is 15.5 Å². The third kappa shape index (κ3) is 6.92. The van der Waals surface area contributed by atoms with E-state index in [2.05, 4.69) is 34.4 Å². The van der Waals surface area contributed by atoms with Crippen LogP contribution in [0.1, 0.15) is 25.8 Å². The van der Waals surface area contributed by atoms with Crippen molar-refractivity contribution in [3.05, 3.63) is 23.8 Å². The quantitative estimate of drug-likeness (QED) is 0.473. The number of hydrogen-bond donors (Lipinski definition) is 3. The minimum absolute atomic E-state index is 0.241. The summed E-state index contributed by atoms with van der Waals surface area (Å²) < 4.78 is 10.7. The maximum Gasteiger partial charge on any atom is 0.191 e. The maximum atomic E-state index is 10.0. The highest BCUT2D eigenvalue weighted by molar-refractivity contribution is 5.79. The van der Waals surface area contributed by atoms with Gasteiger partial charge in [0.25, 0.3) is 0 Å². The number of nitrogens with zero attached hydrogens (tertiary/aromatic N) is 2. The molecule has 0 aliphatic carbocycles. The Morgan fingerprint density at radius 2 is 2.04 bits per heavy atom. The molecule has 1 unspecified atom stereocenters. The first kappa shape index (κ1) is 21.3. The molecule has 7 nitrogen and oxygen atoms in total. The van der Waals surface area contributed by atoms with Gasteiger partial charge in [0.05, 0.1) is 20.3 Å². The Bertz CT molecular complexity index is 601. The molecule has 2 rings (SSSR count). The van der Waals surface area contributed by atoms with Crippen molar-refractivity contribution in [3.8, 4) is 11.5 Å². The fourth-order valence-electron chi connectivity index (χ4n) is 3.29. The minimum Gasteiger partial charge on any atom is -0.508 e. The number of rotatable bonds is 8. The lowest BCUT2D eigenvalue weighted by Crippen LogP contribution is -2.50. The number of aromatic hydroxyl groups is 1. The van der Waals surface area contributed by atoms with Crippen LogP contribution in [0.25, 0.3) is 0 Å². The molecular formula is C20H34N4O3. The number of phenolic OH excluding ortho intramolecular Hbond substituents is 1. The second kappa shape index (κ2) is 11.0. The van der Waals surface area contributed by atoms with E-state index in [1.54, 1.807) is 26.3 Å². The van der Waals surface area contributed by atoms with Gasteiger partial charge >= 0.3 is 0 Å². The van der Waals surface area contributed by atoms with Crippen molar-refractivity contribution in [2.75, 3.05) is 47.0 Å². The number of morpholine rings is 1. The molecule has 7 heteroatoms. The molecule has 1 aromatic carbocycles. The molecule has 1 saturated heterocycles. The van der Waals surface area contributed by atoms with Crippen LogP contribution in [0, 0.1) is 5.92 Å². The van der Waals surface area contributed by atoms with Gasteiger partial charge in [-0.3, -0.25) is 9.89 Å². The van der Waals surface area contributed by atoms with E-state index in [1.807, 2.05) is 6.07 Å². The Morgan fingerprint density at radius 1 is 1.30 bits per heavy atom. The zero-order valence-electron chi connectivity index (χ0n) is 17.0. The number of phenols is 1. The molecule has 1 fully saturated rings. The standard InChI is InChI=1S/C20H34N4O3/c1-15(2)11-17(24-7-9-27-10-8-24)14-23-20(21-3)22-13-16-12-18(26-4)5-6-19(16)25/h5-6,12,15,17,25H,7-11,13-14H2,1-4H3,(H2,21,22,23). The average Bonchev–Trinajstić information content (AvgIpc) is 2.68. The van der Waals surface area contributed by atoms with E-state index in [4.69, 9.17) is 9.47 Å². The van der Waals surface area contributed by atoms with Crippen molar-refractivity contribution < 1.29 is 14.6 Å². The average molecular weight is 379 g/mol. The van der Waals surface area contributed by atoms with Gasteiger partial charge in [-0.2, -0.15) is 0 Å². The van der Waals surface area contributed by atoms with E-state index in [0.29, 0.717) is 18.5 Å². The van der Waals surface area contributed by atoms with Crippen molar-refractivity contribution in [2.45, 2.75) is 32.9 Å². The molecule has 27 heavy (non-hydrogen) atoms. The van der Waals surface area contributed by atoms with Crippen LogP contribution < -0.4 is 15.4 Å². The van der Waals surface area contributed by atoms with Crippen LogP contribution in [-0.4, -0.2) is 69.0 Å². The lowest BCUT2D eigenvalue weighted by atomic mass is 10.0. The third-order valence-corrected chi connectivity index (χ3v) is 4.77. The largest absolute Gasteiger partial charge is 0.508 e. The molecule has 1 aliphatic heterocycles. The first-order chi connectivity index (χ1) is 13.0. The van der Waals surface area contributed by atoms with E-state index >= 15 is 0 Å². The van der Waals surface area contributed by atoms with Crippen LogP contribution >= 0.6 is 0 Å². The number of ether oxygens (including phenoxy) is 2. The van der Waals surface area contributed by atoms with Gasteiger partial charge in [-0.15, -0.1) is 0 Å². The number of guanidine groups is 1. The summed E-state index contributed by atoms with van der Waals surface area (Å²) in [7, 11) is 3.37. The fraction of sp³-hybridized carbons (Fsp3) is 0.650. The number of hydrogen-bond acceptors (Lipinski definition) is 5. The first-order valence-corrected chi connectivity index (χ1v) is 9.65. The third-order valence-electron chi connectivity index (χ3n) is 4.77. The molecular weight excluding hydrogens is 344 g/mol. The van der Waals surface area contributed by atoms with Gasteiger partial charge in [-0.25, -0.2) is 0 Å². The molecule has 0 saturated carbocycles. The molecule has 0 bridgehead atoms. The molecule has 0 aromatic heterocycles. The fourth-order valence-corrected chi connectivity index (χ4v) is 3.29. The Morgan fingerprint density at radius 3 is 2.67 bits per heavy atom. The summed E-state index contributed by atoms with van der Waals surface area (Å²) >= 11 is 0. The summed E-state index contributed by atoms with van der Waals surface area (Å²) in [6.45, 7) is 9.36. The summed E-state index contributed by atoms with van der Waals surface area (Å²) in [6.07, 6.45) is 1.13. The molecule has 0 radical (unpaired) electrons. The topological polar surface area (TPSA) is 78.4 Å². The Labute approximate surface area is 162 Å². The summed E-state index contributed by atoms with van der Waals surface area (Å²) in [6, 6.07) is 5.65. The molecule has 152 valence electrons. The number of aliphatic imine (C=N–C) groups is 1. The number of methoxy groups -OCH3 is 1. The van der Waals surface area contributed by atoms with Gasteiger partial charge in [0, 0.05) is 44.8 Å². The Kier molecular flexibility index (Phi) is 8.67. The molecule has 1 aromatic rings. The van der Waals surface area contributed by atoms with Gasteiger partial charge in [0.15, 0.2) is 5.96 Å². The van der Waals surface area contributed by atoms with E-state index in [-0.39, 0.29) is 5.75 Å². The second-order valence-corrected chi connectivity index (χ2v) is 7.23. The highest BCUT2D eigenvalue weighted by atomic mass is 16.5. The predicted octanol–water partition coefficient (Wildman–Crippen LogP) is 1.81. The van der Waals surface area contributed by atoms with Gasteiger partial charge < -0.3 is 25.2 Å². The van der Waals surface area contributed by atoms with Crippen molar-refractivity contribution in [1.29, 1.82) is 0 Å². The van der Waals surface area contributed by atoms with Gasteiger partial charge in [0.2, 0.25) is 0 Å². The predicted molar refractivity (Wildman–Crippen MR) is 108 cm³/mol. The molecule has 0 amide bonds. The monoisotopic (exact) mass is 378 g/mol. The second-order valence-electron chi connectivity index (χ2n) is 7.23. The molecule has 1 atom stereocenters. The van der Waals surface area contributed by atoms with E-state index in [0.717, 1.165) is 56.5 Å². The van der Waals surface area contributed by atoms with E-state index in [9.17, 15) is 5.11 Å². The van der Waals surface area contributed by atoms with Gasteiger partial charge in [-0.1, -0.05) is 13.8 Å². The number of nitrogens with one attached hydrogen (secondary N) is 2. The van der Waals surface area contributed by atoms with E-state index in [1.165, 1.54) is 0 Å². The summed E-state index contributed by atoms with van der Waals surface area (Å²) in [5.74, 6) is 2.31. The van der Waals surface area contributed by atoms with Crippen LogP contribution in [0.4, 0.5) is 0 Å².